The molecule has 0 bridgehead atoms. The smallest absolute Gasteiger partial charge is 0.339 e. The van der Waals surface area contributed by atoms with Crippen LogP contribution < -0.4 is 0 Å². The number of halogens is 2. The molecule has 2 aromatic heterocycles. The van der Waals surface area contributed by atoms with E-state index in [0.29, 0.717) is 0 Å². The normalized spacial score (nSPS) is 10.8. The van der Waals surface area contributed by atoms with Crippen molar-refractivity contribution in [3.63, 3.8) is 0 Å². The van der Waals surface area contributed by atoms with Crippen molar-refractivity contribution in [3.8, 4) is 5.82 Å². The van der Waals surface area contributed by atoms with E-state index in [1.807, 2.05) is 0 Å². The highest BCUT2D eigenvalue weighted by Crippen LogP contribution is 2.24. The molecule has 7 heteroatoms. The van der Waals surface area contributed by atoms with Crippen LogP contribution in [0.25, 0.3) is 5.82 Å². The summed E-state index contributed by atoms with van der Waals surface area (Å²) < 4.78 is 26.5. The summed E-state index contributed by atoms with van der Waals surface area (Å²) in [4.78, 5) is 14.6. The second-order valence-electron chi connectivity index (χ2n) is 3.15. The van der Waals surface area contributed by atoms with Crippen LogP contribution in [-0.2, 0) is 0 Å². The molecule has 0 spiro atoms. The van der Waals surface area contributed by atoms with Gasteiger partial charge in [0.1, 0.15) is 11.3 Å². The monoisotopic (exact) mass is 239 g/mol. The zero-order valence-electron chi connectivity index (χ0n) is 8.42. The number of alkyl halides is 2. The third-order valence-electron chi connectivity index (χ3n) is 2.11. The fraction of sp³-hybridized carbons (Fsp3) is 0.100. The lowest BCUT2D eigenvalue weighted by molar-refractivity contribution is 0.0683. The van der Waals surface area contributed by atoms with Crippen LogP contribution in [0.5, 0.6) is 0 Å². The van der Waals surface area contributed by atoms with Crippen LogP contribution in [0, 0.1) is 0 Å². The summed E-state index contributed by atoms with van der Waals surface area (Å²) in [6, 6.07) is 4.68. The lowest BCUT2D eigenvalue weighted by Crippen LogP contribution is -2.08. The molecule has 0 aliphatic rings. The fourth-order valence-electron chi connectivity index (χ4n) is 1.39. The first-order valence-electron chi connectivity index (χ1n) is 4.62. The van der Waals surface area contributed by atoms with Gasteiger partial charge in [0, 0.05) is 6.20 Å². The van der Waals surface area contributed by atoms with Gasteiger partial charge in [-0.1, -0.05) is 6.07 Å². The van der Waals surface area contributed by atoms with E-state index in [1.54, 1.807) is 12.1 Å². The highest BCUT2D eigenvalue weighted by atomic mass is 19.3. The quantitative estimate of drug-likeness (QED) is 0.888. The van der Waals surface area contributed by atoms with Gasteiger partial charge in [-0.05, 0) is 12.1 Å². The van der Waals surface area contributed by atoms with Crippen molar-refractivity contribution in [2.24, 2.45) is 0 Å². The molecule has 2 rings (SSSR count). The number of hydrogen-bond acceptors (Lipinski definition) is 3. The van der Waals surface area contributed by atoms with Gasteiger partial charge in [0.2, 0.25) is 0 Å². The lowest BCUT2D eigenvalue weighted by Gasteiger charge is -2.05. The minimum absolute atomic E-state index is 0.148. The predicted molar refractivity (Wildman–Crippen MR) is 53.3 cm³/mol. The Balaban J connectivity index is 2.60. The standard InChI is InChI=1S/C10H7F2N3O2/c11-9(12)8-6(10(16)17)5-14-15(8)7-3-1-2-4-13-7/h1-5,9H,(H,16,17). The Morgan fingerprint density at radius 3 is 2.71 bits per heavy atom. The van der Waals surface area contributed by atoms with E-state index in [-0.39, 0.29) is 5.82 Å². The summed E-state index contributed by atoms with van der Waals surface area (Å²) in [6.45, 7) is 0. The number of nitrogens with zero attached hydrogens (tertiary/aromatic N) is 3. The molecule has 5 nitrogen and oxygen atoms in total. The molecule has 0 aliphatic heterocycles. The molecule has 88 valence electrons. The number of pyridine rings is 1. The third kappa shape index (κ3) is 1.99. The average molecular weight is 239 g/mol. The summed E-state index contributed by atoms with van der Waals surface area (Å²) >= 11 is 0. The van der Waals surface area contributed by atoms with Crippen LogP contribution in [0.1, 0.15) is 22.5 Å². The molecule has 0 amide bonds. The number of aromatic carboxylic acids is 1. The Labute approximate surface area is 94.3 Å². The molecule has 0 aliphatic carbocycles. The van der Waals surface area contributed by atoms with Crippen LogP contribution in [0.4, 0.5) is 8.78 Å². The number of carbonyl (C=O) groups is 1. The summed E-state index contributed by atoms with van der Waals surface area (Å²) in [5.74, 6) is -1.29. The van der Waals surface area contributed by atoms with Crippen LogP contribution >= 0.6 is 0 Å². The van der Waals surface area contributed by atoms with E-state index >= 15 is 0 Å². The van der Waals surface area contributed by atoms with Gasteiger partial charge in [-0.3, -0.25) is 0 Å². The first kappa shape index (κ1) is 11.2. The molecule has 0 atom stereocenters. The molecule has 0 radical (unpaired) electrons. The van der Waals surface area contributed by atoms with Crippen molar-refractivity contribution in [2.45, 2.75) is 6.43 Å². The van der Waals surface area contributed by atoms with Crippen molar-refractivity contribution in [2.75, 3.05) is 0 Å². The van der Waals surface area contributed by atoms with Gasteiger partial charge < -0.3 is 5.11 Å². The van der Waals surface area contributed by atoms with Gasteiger partial charge in [-0.25, -0.2) is 23.2 Å². The minimum Gasteiger partial charge on any atom is -0.478 e. The summed E-state index contributed by atoms with van der Waals surface area (Å²) in [5, 5.41) is 12.4. The Morgan fingerprint density at radius 2 is 2.18 bits per heavy atom. The average Bonchev–Trinajstić information content (AvgIpc) is 2.74. The Bertz CT molecular complexity index is 540. The van der Waals surface area contributed by atoms with E-state index in [1.165, 1.54) is 12.3 Å². The maximum absolute atomic E-state index is 12.8. The molecular weight excluding hydrogens is 232 g/mol. The molecule has 0 saturated carbocycles. The zero-order valence-corrected chi connectivity index (χ0v) is 8.42. The van der Waals surface area contributed by atoms with Crippen LogP contribution in [-0.4, -0.2) is 25.8 Å². The van der Waals surface area contributed by atoms with E-state index in [0.717, 1.165) is 10.9 Å². The lowest BCUT2D eigenvalue weighted by atomic mass is 10.2. The molecule has 1 N–H and O–H groups in total. The maximum atomic E-state index is 12.8. The van der Waals surface area contributed by atoms with Gasteiger partial charge in [-0.2, -0.15) is 5.10 Å². The van der Waals surface area contributed by atoms with E-state index in [4.69, 9.17) is 5.11 Å². The van der Waals surface area contributed by atoms with Crippen LogP contribution in [0.3, 0.4) is 0 Å². The van der Waals surface area contributed by atoms with Crippen molar-refractivity contribution >= 4 is 5.97 Å². The van der Waals surface area contributed by atoms with Crippen molar-refractivity contribution in [1.29, 1.82) is 0 Å². The molecule has 2 heterocycles. The molecule has 0 aromatic carbocycles. The summed E-state index contributed by atoms with van der Waals surface area (Å²) in [5.41, 5.74) is -1.19. The number of aromatic nitrogens is 3. The molecule has 17 heavy (non-hydrogen) atoms. The SMILES string of the molecule is O=C(O)c1cnn(-c2ccccn2)c1C(F)F. The second-order valence-corrected chi connectivity index (χ2v) is 3.15. The minimum atomic E-state index is -2.94. The number of carboxylic acid groups (broad SMARTS) is 1. The number of carboxylic acids is 1. The third-order valence-corrected chi connectivity index (χ3v) is 2.11. The summed E-state index contributed by atoms with van der Waals surface area (Å²) in [6.07, 6.45) is -0.642. The first-order valence-corrected chi connectivity index (χ1v) is 4.62. The molecule has 2 aromatic rings. The van der Waals surface area contributed by atoms with Gasteiger partial charge in [0.05, 0.1) is 6.20 Å². The number of hydrogen-bond donors (Lipinski definition) is 1. The van der Waals surface area contributed by atoms with Gasteiger partial charge in [0.25, 0.3) is 6.43 Å². The fourth-order valence-corrected chi connectivity index (χ4v) is 1.39. The van der Waals surface area contributed by atoms with Crippen molar-refractivity contribution in [1.82, 2.24) is 14.8 Å². The zero-order chi connectivity index (χ0) is 12.4. The second kappa shape index (κ2) is 4.28. The predicted octanol–water partition coefficient (Wildman–Crippen LogP) is 1.90. The van der Waals surface area contributed by atoms with Gasteiger partial charge in [-0.15, -0.1) is 0 Å². The largest absolute Gasteiger partial charge is 0.478 e. The summed E-state index contributed by atoms with van der Waals surface area (Å²) in [7, 11) is 0. The first-order chi connectivity index (χ1) is 8.11. The van der Waals surface area contributed by atoms with Crippen molar-refractivity contribution in [3.05, 3.63) is 41.9 Å². The molecule has 0 unspecified atom stereocenters. The van der Waals surface area contributed by atoms with E-state index in [2.05, 4.69) is 10.1 Å². The maximum Gasteiger partial charge on any atom is 0.339 e. The van der Waals surface area contributed by atoms with Crippen LogP contribution in [0.15, 0.2) is 30.6 Å². The Hall–Kier alpha value is -2.31. The Morgan fingerprint density at radius 1 is 1.41 bits per heavy atom. The van der Waals surface area contributed by atoms with Crippen LogP contribution in [0.2, 0.25) is 0 Å². The molecule has 0 saturated heterocycles. The topological polar surface area (TPSA) is 68.0 Å². The number of rotatable bonds is 3. The molecule has 0 fully saturated rings. The van der Waals surface area contributed by atoms with Crippen molar-refractivity contribution < 1.29 is 18.7 Å². The van der Waals surface area contributed by atoms with E-state index in [9.17, 15) is 13.6 Å². The highest BCUT2D eigenvalue weighted by Gasteiger charge is 2.25. The van der Waals surface area contributed by atoms with Gasteiger partial charge in [0.15, 0.2) is 5.82 Å². The van der Waals surface area contributed by atoms with Gasteiger partial charge >= 0.3 is 5.97 Å². The Kier molecular flexibility index (Phi) is 2.82. The highest BCUT2D eigenvalue weighted by molar-refractivity contribution is 5.88. The van der Waals surface area contributed by atoms with E-state index < -0.39 is 23.7 Å². The molecular formula is C10H7F2N3O2.